The van der Waals surface area contributed by atoms with Crippen LogP contribution in [0.4, 0.5) is 0 Å². The van der Waals surface area contributed by atoms with Gasteiger partial charge in [-0.2, -0.15) is 0 Å². The van der Waals surface area contributed by atoms with Gasteiger partial charge in [0.1, 0.15) is 5.41 Å². The summed E-state index contributed by atoms with van der Waals surface area (Å²) in [4.78, 5) is 11.6. The lowest BCUT2D eigenvalue weighted by Gasteiger charge is -2.09. The molecule has 3 N–H and O–H groups in total. The zero-order valence-electron chi connectivity index (χ0n) is 11.5. The topological polar surface area (TPSA) is 97.5 Å². The lowest BCUT2D eigenvalue weighted by molar-refractivity contribution is -0.143. The summed E-state index contributed by atoms with van der Waals surface area (Å²) < 4.78 is 24.3. The molecule has 6 heteroatoms. The lowest BCUT2D eigenvalue weighted by Crippen LogP contribution is -2.32. The fraction of sp³-hybridized carbons (Fsp3) is 0.500. The van der Waals surface area contributed by atoms with Crippen LogP contribution in [0.25, 0.3) is 0 Å². The summed E-state index contributed by atoms with van der Waals surface area (Å²) in [6, 6.07) is 7.29. The van der Waals surface area contributed by atoms with E-state index in [4.69, 9.17) is 5.73 Å². The van der Waals surface area contributed by atoms with E-state index in [-0.39, 0.29) is 12.3 Å². The molecule has 20 heavy (non-hydrogen) atoms. The number of aliphatic carboxylic acids is 1. The number of hydrogen-bond acceptors (Lipinski definition) is 4. The second-order valence-corrected chi connectivity index (χ2v) is 7.72. The van der Waals surface area contributed by atoms with Crippen molar-refractivity contribution < 1.29 is 18.3 Å². The van der Waals surface area contributed by atoms with E-state index in [2.05, 4.69) is 0 Å². The Balaban J connectivity index is 2.50. The van der Waals surface area contributed by atoms with E-state index in [0.717, 1.165) is 11.1 Å². The molecule has 0 spiro atoms. The predicted octanol–water partition coefficient (Wildman–Crippen LogP) is 0.925. The van der Waals surface area contributed by atoms with Crippen LogP contribution in [-0.2, 0) is 14.6 Å². The number of aryl methyl sites for hydroxylation is 1. The highest BCUT2D eigenvalue weighted by Gasteiger charge is 2.74. The molecule has 0 bridgehead atoms. The fourth-order valence-corrected chi connectivity index (χ4v) is 5.02. The third-order valence-electron chi connectivity index (χ3n) is 4.22. The van der Waals surface area contributed by atoms with Gasteiger partial charge in [0, 0.05) is 18.2 Å². The minimum absolute atomic E-state index is 0.0743. The van der Waals surface area contributed by atoms with Crippen LogP contribution in [0, 0.1) is 12.3 Å². The predicted molar refractivity (Wildman–Crippen MR) is 76.3 cm³/mol. The van der Waals surface area contributed by atoms with E-state index in [1.165, 1.54) is 6.92 Å². The summed E-state index contributed by atoms with van der Waals surface area (Å²) >= 11 is 0. The van der Waals surface area contributed by atoms with E-state index >= 15 is 0 Å². The van der Waals surface area contributed by atoms with Gasteiger partial charge in [0.05, 0.1) is 5.25 Å². The number of carboxylic acid groups (broad SMARTS) is 1. The molecule has 0 amide bonds. The van der Waals surface area contributed by atoms with Gasteiger partial charge in [0.2, 0.25) is 0 Å². The molecule has 1 aliphatic rings. The van der Waals surface area contributed by atoms with Crippen LogP contribution in [-0.4, -0.2) is 37.0 Å². The first-order valence-corrected chi connectivity index (χ1v) is 8.24. The fourth-order valence-electron chi connectivity index (χ4n) is 2.94. The van der Waals surface area contributed by atoms with Gasteiger partial charge in [-0.15, -0.1) is 0 Å². The highest BCUT2D eigenvalue weighted by molar-refractivity contribution is 7.92. The Morgan fingerprint density at radius 1 is 1.35 bits per heavy atom. The summed E-state index contributed by atoms with van der Waals surface area (Å²) in [6.07, 6.45) is 0. The van der Waals surface area contributed by atoms with Crippen molar-refractivity contribution in [3.8, 4) is 0 Å². The number of sulfone groups is 1. The average molecular weight is 297 g/mol. The van der Waals surface area contributed by atoms with E-state index in [0.29, 0.717) is 0 Å². The molecule has 0 saturated heterocycles. The van der Waals surface area contributed by atoms with E-state index in [9.17, 15) is 18.3 Å². The van der Waals surface area contributed by atoms with Crippen molar-refractivity contribution >= 4 is 15.8 Å². The highest BCUT2D eigenvalue weighted by atomic mass is 32.2. The van der Waals surface area contributed by atoms with Crippen molar-refractivity contribution in [3.63, 3.8) is 0 Å². The molecular weight excluding hydrogens is 278 g/mol. The van der Waals surface area contributed by atoms with E-state index < -0.39 is 32.4 Å². The normalized spacial score (nSPS) is 29.1. The van der Waals surface area contributed by atoms with Crippen molar-refractivity contribution in [2.24, 2.45) is 11.1 Å². The minimum atomic E-state index is -3.46. The van der Waals surface area contributed by atoms with E-state index in [1.54, 1.807) is 12.1 Å². The van der Waals surface area contributed by atoms with Crippen molar-refractivity contribution in [3.05, 3.63) is 35.4 Å². The molecule has 110 valence electrons. The van der Waals surface area contributed by atoms with Gasteiger partial charge in [-0.25, -0.2) is 8.42 Å². The molecule has 0 aromatic heterocycles. The van der Waals surface area contributed by atoms with E-state index in [1.807, 2.05) is 19.1 Å². The van der Waals surface area contributed by atoms with Gasteiger partial charge >= 0.3 is 5.97 Å². The molecule has 1 saturated carbocycles. The van der Waals surface area contributed by atoms with Gasteiger partial charge in [-0.05, 0) is 12.5 Å². The first-order valence-electron chi connectivity index (χ1n) is 6.53. The standard InChI is InChI=1S/C14H19NO4S/c1-3-20(18,19)12-11(14(12,8-15)13(16)17)10-6-4-9(2)5-7-10/h4-7,11-12H,3,8,15H2,1-2H3,(H,16,17)/t11-,12+,14-/m1/s1. The van der Waals surface area contributed by atoms with Crippen LogP contribution in [0.3, 0.4) is 0 Å². The van der Waals surface area contributed by atoms with Crippen molar-refractivity contribution in [2.75, 3.05) is 12.3 Å². The van der Waals surface area contributed by atoms with Gasteiger partial charge in [0.25, 0.3) is 0 Å². The molecule has 1 aliphatic carbocycles. The number of benzene rings is 1. The quantitative estimate of drug-likeness (QED) is 0.842. The van der Waals surface area contributed by atoms with Crippen LogP contribution in [0.2, 0.25) is 0 Å². The first-order chi connectivity index (χ1) is 9.31. The highest BCUT2D eigenvalue weighted by Crippen LogP contribution is 2.62. The second-order valence-electron chi connectivity index (χ2n) is 5.31. The molecule has 2 rings (SSSR count). The van der Waals surface area contributed by atoms with Crippen LogP contribution in [0.1, 0.15) is 24.0 Å². The van der Waals surface area contributed by atoms with Crippen LogP contribution >= 0.6 is 0 Å². The van der Waals surface area contributed by atoms with Crippen molar-refractivity contribution in [1.29, 1.82) is 0 Å². The molecule has 0 heterocycles. The van der Waals surface area contributed by atoms with Gasteiger partial charge in [0.15, 0.2) is 9.84 Å². The summed E-state index contributed by atoms with van der Waals surface area (Å²) in [7, 11) is -3.46. The van der Waals surface area contributed by atoms with Gasteiger partial charge in [-0.1, -0.05) is 36.8 Å². The van der Waals surface area contributed by atoms with Gasteiger partial charge in [-0.3, -0.25) is 4.79 Å². The molecule has 1 aromatic rings. The Morgan fingerprint density at radius 2 is 1.90 bits per heavy atom. The maximum Gasteiger partial charge on any atom is 0.312 e. The Morgan fingerprint density at radius 3 is 2.30 bits per heavy atom. The Bertz CT molecular complexity index is 623. The van der Waals surface area contributed by atoms with Crippen molar-refractivity contribution in [2.45, 2.75) is 25.0 Å². The number of nitrogens with two attached hydrogens (primary N) is 1. The molecule has 1 aromatic carbocycles. The largest absolute Gasteiger partial charge is 0.481 e. The Labute approximate surface area is 118 Å². The van der Waals surface area contributed by atoms with Crippen LogP contribution in [0.5, 0.6) is 0 Å². The maximum atomic E-state index is 12.2. The molecule has 3 atom stereocenters. The monoisotopic (exact) mass is 297 g/mol. The van der Waals surface area contributed by atoms with Crippen molar-refractivity contribution in [1.82, 2.24) is 0 Å². The smallest absolute Gasteiger partial charge is 0.312 e. The van der Waals surface area contributed by atoms with Crippen LogP contribution < -0.4 is 5.73 Å². The molecular formula is C14H19NO4S. The zero-order chi connectivity index (χ0) is 15.1. The molecule has 5 nitrogen and oxygen atoms in total. The number of rotatable bonds is 5. The zero-order valence-corrected chi connectivity index (χ0v) is 12.4. The minimum Gasteiger partial charge on any atom is -0.481 e. The molecule has 0 unspecified atom stereocenters. The summed E-state index contributed by atoms with van der Waals surface area (Å²) in [5.41, 5.74) is 6.01. The number of carboxylic acids is 1. The van der Waals surface area contributed by atoms with Crippen LogP contribution in [0.15, 0.2) is 24.3 Å². The lowest BCUT2D eigenvalue weighted by atomic mass is 9.99. The average Bonchev–Trinajstić information content (AvgIpc) is 3.11. The summed E-state index contributed by atoms with van der Waals surface area (Å²) in [6.45, 7) is 3.28. The molecule has 0 radical (unpaired) electrons. The SMILES string of the molecule is CCS(=O)(=O)[C@H]1[C@@H](c2ccc(C)cc2)[C@@]1(CN)C(=O)O. The number of carbonyl (C=O) groups is 1. The molecule has 0 aliphatic heterocycles. The van der Waals surface area contributed by atoms with Gasteiger partial charge < -0.3 is 10.8 Å². The third-order valence-corrected chi connectivity index (χ3v) is 6.49. The summed E-state index contributed by atoms with van der Waals surface area (Å²) in [5.74, 6) is -1.77. The second kappa shape index (κ2) is 4.86. The molecule has 1 fully saturated rings. The first kappa shape index (κ1) is 15.0. The Hall–Kier alpha value is -1.40. The Kier molecular flexibility index (Phi) is 3.64. The number of hydrogen-bond donors (Lipinski definition) is 2. The third kappa shape index (κ3) is 2.03. The summed E-state index contributed by atoms with van der Waals surface area (Å²) in [5, 5.41) is 8.55. The maximum absolute atomic E-state index is 12.2.